The first-order valence-electron chi connectivity index (χ1n) is 7.39. The van der Waals surface area contributed by atoms with Crippen molar-refractivity contribution in [1.29, 1.82) is 0 Å². The van der Waals surface area contributed by atoms with Crippen LogP contribution < -0.4 is 5.32 Å². The quantitative estimate of drug-likeness (QED) is 0.832. The second kappa shape index (κ2) is 6.99. The van der Waals surface area contributed by atoms with Gasteiger partial charge in [-0.1, -0.05) is 13.8 Å². The van der Waals surface area contributed by atoms with Crippen molar-refractivity contribution >= 4 is 27.4 Å². The number of aromatic nitrogens is 2. The molecular formula is C15H23N3OS. The summed E-state index contributed by atoms with van der Waals surface area (Å²) in [4.78, 5) is 11.8. The number of ether oxygens (including phenoxy) is 1. The van der Waals surface area contributed by atoms with Gasteiger partial charge in [-0.2, -0.15) is 0 Å². The summed E-state index contributed by atoms with van der Waals surface area (Å²) in [6.07, 6.45) is 1.90. The zero-order chi connectivity index (χ0) is 14.5. The van der Waals surface area contributed by atoms with Gasteiger partial charge in [0.25, 0.3) is 0 Å². The topological polar surface area (TPSA) is 47.0 Å². The number of nitrogens with zero attached hydrogens (tertiary/aromatic N) is 2. The Balaban J connectivity index is 2.50. The lowest BCUT2D eigenvalue weighted by Gasteiger charge is -2.15. The van der Waals surface area contributed by atoms with Gasteiger partial charge in [0.2, 0.25) is 0 Å². The van der Waals surface area contributed by atoms with E-state index in [1.165, 1.54) is 4.88 Å². The monoisotopic (exact) mass is 293 g/mol. The zero-order valence-electron chi connectivity index (χ0n) is 12.7. The van der Waals surface area contributed by atoms with Crippen LogP contribution in [0.15, 0.2) is 6.07 Å². The molecule has 20 heavy (non-hydrogen) atoms. The third-order valence-corrected chi connectivity index (χ3v) is 4.35. The zero-order valence-corrected chi connectivity index (χ0v) is 13.5. The van der Waals surface area contributed by atoms with Crippen molar-refractivity contribution in [2.24, 2.45) is 0 Å². The number of aryl methyl sites for hydroxylation is 1. The van der Waals surface area contributed by atoms with Gasteiger partial charge in [-0.15, -0.1) is 11.3 Å². The van der Waals surface area contributed by atoms with Gasteiger partial charge in [-0.25, -0.2) is 9.97 Å². The Hall–Kier alpha value is -1.20. The molecule has 4 nitrogen and oxygen atoms in total. The maximum absolute atomic E-state index is 5.74. The van der Waals surface area contributed by atoms with Gasteiger partial charge in [0, 0.05) is 18.0 Å². The normalized spacial score (nSPS) is 12.8. The van der Waals surface area contributed by atoms with E-state index in [0.717, 1.165) is 41.2 Å². The first kappa shape index (κ1) is 15.2. The van der Waals surface area contributed by atoms with Gasteiger partial charge in [-0.05, 0) is 32.8 Å². The molecule has 1 atom stereocenters. The van der Waals surface area contributed by atoms with E-state index in [-0.39, 0.29) is 6.10 Å². The van der Waals surface area contributed by atoms with Crippen LogP contribution in [0.5, 0.6) is 0 Å². The molecule has 0 aromatic carbocycles. The molecule has 0 amide bonds. The average molecular weight is 293 g/mol. The van der Waals surface area contributed by atoms with Gasteiger partial charge in [0.1, 0.15) is 16.8 Å². The summed E-state index contributed by atoms with van der Waals surface area (Å²) in [6, 6.07) is 2.20. The maximum Gasteiger partial charge on any atom is 0.161 e. The molecule has 2 rings (SSSR count). The molecule has 2 aromatic rings. The second-order valence-corrected chi connectivity index (χ2v) is 5.71. The summed E-state index contributed by atoms with van der Waals surface area (Å²) in [6.45, 7) is 9.90. The number of hydrogen-bond acceptors (Lipinski definition) is 5. The molecule has 5 heteroatoms. The van der Waals surface area contributed by atoms with E-state index in [0.29, 0.717) is 6.61 Å². The fourth-order valence-corrected chi connectivity index (χ4v) is 3.16. The van der Waals surface area contributed by atoms with Crippen molar-refractivity contribution in [3.05, 3.63) is 16.8 Å². The largest absolute Gasteiger partial charge is 0.371 e. The molecule has 0 saturated carbocycles. The number of anilines is 1. The van der Waals surface area contributed by atoms with Crippen LogP contribution in [0.3, 0.4) is 0 Å². The number of rotatable bonds is 7. The summed E-state index contributed by atoms with van der Waals surface area (Å²) in [5.41, 5.74) is 0. The van der Waals surface area contributed by atoms with Gasteiger partial charge in [0.05, 0.1) is 5.39 Å². The molecule has 0 bridgehead atoms. The van der Waals surface area contributed by atoms with Gasteiger partial charge >= 0.3 is 0 Å². The molecule has 0 aliphatic rings. The molecule has 0 radical (unpaired) electrons. The minimum absolute atomic E-state index is 0.0195. The highest BCUT2D eigenvalue weighted by Gasteiger charge is 2.17. The molecule has 2 heterocycles. The lowest BCUT2D eigenvalue weighted by atomic mass is 10.2. The van der Waals surface area contributed by atoms with E-state index in [4.69, 9.17) is 9.72 Å². The number of thiophene rings is 1. The third-order valence-electron chi connectivity index (χ3n) is 3.18. The van der Waals surface area contributed by atoms with Crippen molar-refractivity contribution in [3.63, 3.8) is 0 Å². The average Bonchev–Trinajstić information content (AvgIpc) is 2.88. The summed E-state index contributed by atoms with van der Waals surface area (Å²) in [5, 5.41) is 4.48. The van der Waals surface area contributed by atoms with E-state index >= 15 is 0 Å². The van der Waals surface area contributed by atoms with Gasteiger partial charge in [-0.3, -0.25) is 0 Å². The summed E-state index contributed by atoms with van der Waals surface area (Å²) >= 11 is 1.75. The molecule has 2 aromatic heterocycles. The van der Waals surface area contributed by atoms with Crippen LogP contribution in [0.1, 0.15) is 50.9 Å². The van der Waals surface area contributed by atoms with E-state index in [1.807, 2.05) is 6.92 Å². The SMILES string of the molecule is CCNc1nc(C(CC)OCC)nc2sc(CC)cc12. The van der Waals surface area contributed by atoms with E-state index < -0.39 is 0 Å². The minimum Gasteiger partial charge on any atom is -0.371 e. The van der Waals surface area contributed by atoms with Crippen LogP contribution in [-0.2, 0) is 11.2 Å². The van der Waals surface area contributed by atoms with Crippen LogP contribution >= 0.6 is 11.3 Å². The molecule has 1 unspecified atom stereocenters. The lowest BCUT2D eigenvalue weighted by molar-refractivity contribution is 0.0538. The molecule has 1 N–H and O–H groups in total. The van der Waals surface area contributed by atoms with Gasteiger partial charge in [0.15, 0.2) is 5.82 Å². The Labute approximate surface area is 124 Å². The summed E-state index contributed by atoms with van der Waals surface area (Å²) in [5.74, 6) is 1.73. The van der Waals surface area contributed by atoms with Crippen LogP contribution in [0, 0.1) is 0 Å². The van der Waals surface area contributed by atoms with E-state index in [2.05, 4.69) is 37.1 Å². The molecule has 110 valence electrons. The van der Waals surface area contributed by atoms with Crippen molar-refractivity contribution in [1.82, 2.24) is 9.97 Å². The van der Waals surface area contributed by atoms with Crippen LogP contribution in [0.4, 0.5) is 5.82 Å². The Bertz CT molecular complexity index is 567. The predicted molar refractivity (Wildman–Crippen MR) is 85.6 cm³/mol. The minimum atomic E-state index is -0.0195. The number of nitrogens with one attached hydrogen (secondary N) is 1. The van der Waals surface area contributed by atoms with Gasteiger partial charge < -0.3 is 10.1 Å². The molecule has 0 aliphatic carbocycles. The molecule has 0 saturated heterocycles. The lowest BCUT2D eigenvalue weighted by Crippen LogP contribution is -2.10. The number of hydrogen-bond donors (Lipinski definition) is 1. The molecule has 0 aliphatic heterocycles. The Morgan fingerprint density at radius 2 is 2.05 bits per heavy atom. The number of fused-ring (bicyclic) bond motifs is 1. The maximum atomic E-state index is 5.74. The Morgan fingerprint density at radius 1 is 1.25 bits per heavy atom. The first-order chi connectivity index (χ1) is 9.73. The summed E-state index contributed by atoms with van der Waals surface area (Å²) in [7, 11) is 0. The molecule has 0 fully saturated rings. The van der Waals surface area contributed by atoms with Crippen molar-refractivity contribution in [3.8, 4) is 0 Å². The molecular weight excluding hydrogens is 270 g/mol. The second-order valence-electron chi connectivity index (χ2n) is 4.60. The Kier molecular flexibility index (Phi) is 5.31. The van der Waals surface area contributed by atoms with Crippen LogP contribution in [0.25, 0.3) is 10.2 Å². The fourth-order valence-electron chi connectivity index (χ4n) is 2.18. The first-order valence-corrected chi connectivity index (χ1v) is 8.20. The Morgan fingerprint density at radius 3 is 2.65 bits per heavy atom. The van der Waals surface area contributed by atoms with Crippen molar-refractivity contribution in [2.45, 2.75) is 46.6 Å². The van der Waals surface area contributed by atoms with Crippen LogP contribution in [-0.4, -0.2) is 23.1 Å². The van der Waals surface area contributed by atoms with Crippen molar-refractivity contribution in [2.75, 3.05) is 18.5 Å². The fraction of sp³-hybridized carbons (Fsp3) is 0.600. The standard InChI is InChI=1S/C15H23N3OS/c1-5-10-9-11-13(16-7-3)17-14(18-15(11)20-10)12(6-2)19-8-4/h9,12H,5-8H2,1-4H3,(H,16,17,18). The predicted octanol–water partition coefficient (Wildman–Crippen LogP) is 4.17. The highest BCUT2D eigenvalue weighted by Crippen LogP contribution is 2.31. The smallest absolute Gasteiger partial charge is 0.161 e. The van der Waals surface area contributed by atoms with E-state index in [9.17, 15) is 0 Å². The van der Waals surface area contributed by atoms with Crippen LogP contribution in [0.2, 0.25) is 0 Å². The highest BCUT2D eigenvalue weighted by molar-refractivity contribution is 7.18. The van der Waals surface area contributed by atoms with E-state index in [1.54, 1.807) is 11.3 Å². The van der Waals surface area contributed by atoms with Crippen molar-refractivity contribution < 1.29 is 4.74 Å². The summed E-state index contributed by atoms with van der Waals surface area (Å²) < 4.78 is 5.74. The highest BCUT2D eigenvalue weighted by atomic mass is 32.1. The molecule has 0 spiro atoms. The third kappa shape index (κ3) is 3.10.